The summed E-state index contributed by atoms with van der Waals surface area (Å²) in [5.41, 5.74) is 0. The van der Waals surface area contributed by atoms with Crippen LogP contribution in [0.4, 0.5) is 0 Å². The molecular formula is C56H109NO10. The van der Waals surface area contributed by atoms with Crippen LogP contribution in [0.5, 0.6) is 0 Å². The van der Waals surface area contributed by atoms with E-state index in [-0.39, 0.29) is 56.1 Å². The third kappa shape index (κ3) is 43.9. The van der Waals surface area contributed by atoms with E-state index in [1.54, 1.807) is 0 Å². The highest BCUT2D eigenvalue weighted by Crippen LogP contribution is 2.22. The van der Waals surface area contributed by atoms with Crippen molar-refractivity contribution in [3.63, 3.8) is 0 Å². The predicted octanol–water partition coefficient (Wildman–Crippen LogP) is 13.1. The number of hydrogen-bond donors (Lipinski definition) is 2. The number of carbonyl (C=O) groups is 3. The van der Waals surface area contributed by atoms with E-state index in [0.29, 0.717) is 45.9 Å². The largest absolute Gasteiger partial charge is 0.465 e. The summed E-state index contributed by atoms with van der Waals surface area (Å²) in [6.45, 7) is 13.9. The number of unbranched alkanes of at least 4 members (excludes halogenated alkanes) is 22. The van der Waals surface area contributed by atoms with Crippen LogP contribution in [0.1, 0.15) is 246 Å². The van der Waals surface area contributed by atoms with Crippen LogP contribution in [0.3, 0.4) is 0 Å². The van der Waals surface area contributed by atoms with E-state index in [9.17, 15) is 24.6 Å². The summed E-state index contributed by atoms with van der Waals surface area (Å²) in [6.07, 6.45) is 37.4. The molecule has 2 atom stereocenters. The van der Waals surface area contributed by atoms with Crippen LogP contribution in [-0.4, -0.2) is 112 Å². The minimum Gasteiger partial charge on any atom is -0.465 e. The van der Waals surface area contributed by atoms with Crippen molar-refractivity contribution in [2.24, 2.45) is 17.8 Å². The van der Waals surface area contributed by atoms with Gasteiger partial charge in [-0.05, 0) is 83.2 Å². The Morgan fingerprint density at radius 1 is 0.388 bits per heavy atom. The van der Waals surface area contributed by atoms with Crippen molar-refractivity contribution in [1.29, 1.82) is 0 Å². The molecule has 0 rings (SSSR count). The molecule has 2 unspecified atom stereocenters. The Bertz CT molecular complexity index is 999. The van der Waals surface area contributed by atoms with Crippen LogP contribution in [0.15, 0.2) is 0 Å². The van der Waals surface area contributed by atoms with Gasteiger partial charge in [-0.25, -0.2) is 4.79 Å². The van der Waals surface area contributed by atoms with E-state index in [1.165, 1.54) is 103 Å². The maximum Gasteiger partial charge on any atom is 0.332 e. The normalized spacial score (nSPS) is 12.5. The van der Waals surface area contributed by atoms with Crippen molar-refractivity contribution in [1.82, 2.24) is 4.90 Å². The van der Waals surface area contributed by atoms with Crippen molar-refractivity contribution >= 4 is 17.9 Å². The zero-order chi connectivity index (χ0) is 49.1. The Morgan fingerprint density at radius 2 is 0.776 bits per heavy atom. The summed E-state index contributed by atoms with van der Waals surface area (Å²) in [7, 11) is 0. The molecule has 2 N–H and O–H groups in total. The second-order valence-corrected chi connectivity index (χ2v) is 19.4. The van der Waals surface area contributed by atoms with Gasteiger partial charge in [0.25, 0.3) is 0 Å². The lowest BCUT2D eigenvalue weighted by Gasteiger charge is -2.22. The SMILES string of the molecule is CCCCCCCCC(CCCCCC)C(=O)OCCCCCCN(CCCCCCOC(=O)C(CCCCCC)CCCCCCCC)CCOCCOC(=O)COCC(CCO)CCO. The number of aliphatic hydroxyl groups is 2. The van der Waals surface area contributed by atoms with Gasteiger partial charge in [-0.15, -0.1) is 0 Å². The average molecular weight is 956 g/mol. The van der Waals surface area contributed by atoms with Gasteiger partial charge in [-0.1, -0.05) is 182 Å². The summed E-state index contributed by atoms with van der Waals surface area (Å²) in [4.78, 5) is 40.8. The zero-order valence-electron chi connectivity index (χ0n) is 44.4. The highest BCUT2D eigenvalue weighted by Gasteiger charge is 2.21. The minimum absolute atomic E-state index is 0.00730. The molecule has 0 aliphatic carbocycles. The van der Waals surface area contributed by atoms with Gasteiger partial charge in [-0.2, -0.15) is 0 Å². The molecule has 0 spiro atoms. The first-order valence-corrected chi connectivity index (χ1v) is 28.4. The second-order valence-electron chi connectivity index (χ2n) is 19.4. The lowest BCUT2D eigenvalue weighted by molar-refractivity contribution is -0.151. The van der Waals surface area contributed by atoms with Gasteiger partial charge in [0.05, 0.1) is 44.9 Å². The van der Waals surface area contributed by atoms with E-state index in [4.69, 9.17) is 23.7 Å². The van der Waals surface area contributed by atoms with Gasteiger partial charge in [0.15, 0.2) is 0 Å². The Morgan fingerprint density at radius 3 is 1.21 bits per heavy atom. The molecule has 0 bridgehead atoms. The molecule has 0 aliphatic rings. The van der Waals surface area contributed by atoms with Gasteiger partial charge >= 0.3 is 17.9 Å². The fraction of sp³-hybridized carbons (Fsp3) is 0.946. The molecule has 0 heterocycles. The number of ether oxygens (including phenoxy) is 5. The van der Waals surface area contributed by atoms with Crippen LogP contribution >= 0.6 is 0 Å². The minimum atomic E-state index is -0.452. The molecule has 67 heavy (non-hydrogen) atoms. The summed E-state index contributed by atoms with van der Waals surface area (Å²) in [6, 6.07) is 0. The fourth-order valence-corrected chi connectivity index (χ4v) is 8.77. The maximum absolute atomic E-state index is 13.1. The lowest BCUT2D eigenvalue weighted by atomic mass is 9.94. The van der Waals surface area contributed by atoms with Gasteiger partial charge in [0, 0.05) is 19.8 Å². The molecule has 0 radical (unpaired) electrons. The quantitative estimate of drug-likeness (QED) is 0.0342. The van der Waals surface area contributed by atoms with Crippen LogP contribution in [0.25, 0.3) is 0 Å². The highest BCUT2D eigenvalue weighted by molar-refractivity contribution is 5.72. The highest BCUT2D eigenvalue weighted by atomic mass is 16.6. The molecule has 398 valence electrons. The summed E-state index contributed by atoms with van der Waals surface area (Å²) >= 11 is 0. The molecule has 0 amide bonds. The van der Waals surface area contributed by atoms with Crippen LogP contribution in [-0.2, 0) is 38.1 Å². The van der Waals surface area contributed by atoms with Crippen molar-refractivity contribution in [3.05, 3.63) is 0 Å². The van der Waals surface area contributed by atoms with Crippen molar-refractivity contribution in [2.45, 2.75) is 246 Å². The van der Waals surface area contributed by atoms with Crippen molar-refractivity contribution in [3.8, 4) is 0 Å². The number of aliphatic hydroxyl groups excluding tert-OH is 2. The van der Waals surface area contributed by atoms with Crippen LogP contribution in [0.2, 0.25) is 0 Å². The zero-order valence-corrected chi connectivity index (χ0v) is 44.4. The first kappa shape index (κ1) is 65.2. The van der Waals surface area contributed by atoms with Crippen LogP contribution in [0, 0.1) is 17.8 Å². The van der Waals surface area contributed by atoms with E-state index >= 15 is 0 Å². The number of esters is 3. The Hall–Kier alpha value is -1.79. The molecule has 0 fully saturated rings. The maximum atomic E-state index is 13.1. The van der Waals surface area contributed by atoms with Crippen molar-refractivity contribution < 1.29 is 48.3 Å². The fourth-order valence-electron chi connectivity index (χ4n) is 8.77. The van der Waals surface area contributed by atoms with Gasteiger partial charge in [0.1, 0.15) is 13.2 Å². The summed E-state index contributed by atoms with van der Waals surface area (Å²) in [5, 5.41) is 18.4. The molecule has 0 aliphatic heterocycles. The number of carbonyl (C=O) groups excluding carboxylic acids is 3. The first-order valence-electron chi connectivity index (χ1n) is 28.4. The van der Waals surface area contributed by atoms with E-state index in [0.717, 1.165) is 122 Å². The molecular weight excluding hydrogens is 847 g/mol. The third-order valence-corrected chi connectivity index (χ3v) is 13.2. The van der Waals surface area contributed by atoms with Gasteiger partial charge < -0.3 is 38.8 Å². The standard InChI is InChI=1S/C56H109NO10/c1-5-9-13-17-19-27-35-52(33-25-15-11-7-3)55(61)66-44-31-23-21-29-39-57(41-46-63-47-48-65-54(60)50-64-49-51(37-42-58)38-43-59)40-30-22-24-32-45-67-56(62)53(34-26-16-12-8-4)36-28-20-18-14-10-6-2/h51-53,58-59H,5-50H2,1-4H3. The molecule has 0 aromatic heterocycles. The Balaban J connectivity index is 4.85. The first-order chi connectivity index (χ1) is 32.9. The van der Waals surface area contributed by atoms with E-state index in [1.807, 2.05) is 0 Å². The molecule has 0 aromatic carbocycles. The Kier molecular flexibility index (Phi) is 50.7. The predicted molar refractivity (Wildman–Crippen MR) is 275 cm³/mol. The number of hydrogen-bond acceptors (Lipinski definition) is 11. The van der Waals surface area contributed by atoms with Gasteiger partial charge in [-0.3, -0.25) is 9.59 Å². The topological polar surface area (TPSA) is 141 Å². The molecule has 11 nitrogen and oxygen atoms in total. The third-order valence-electron chi connectivity index (χ3n) is 13.2. The van der Waals surface area contributed by atoms with Gasteiger partial charge in [0.2, 0.25) is 0 Å². The summed E-state index contributed by atoms with van der Waals surface area (Å²) < 4.78 is 28.3. The average Bonchev–Trinajstić information content (AvgIpc) is 3.32. The molecule has 0 aromatic rings. The number of rotatable bonds is 54. The molecule has 0 saturated carbocycles. The molecule has 11 heteroatoms. The molecule has 0 saturated heterocycles. The van der Waals surface area contributed by atoms with E-state index < -0.39 is 5.97 Å². The smallest absolute Gasteiger partial charge is 0.332 e. The van der Waals surface area contributed by atoms with Crippen LogP contribution < -0.4 is 0 Å². The monoisotopic (exact) mass is 956 g/mol. The number of nitrogens with zero attached hydrogens (tertiary/aromatic N) is 1. The van der Waals surface area contributed by atoms with Crippen molar-refractivity contribution in [2.75, 3.05) is 79.1 Å². The lowest BCUT2D eigenvalue weighted by Crippen LogP contribution is -2.30. The summed E-state index contributed by atoms with van der Waals surface area (Å²) in [5.74, 6) is -0.314. The Labute approximate surface area is 412 Å². The second kappa shape index (κ2) is 52.0. The van der Waals surface area contributed by atoms with E-state index in [2.05, 4.69) is 32.6 Å².